The van der Waals surface area contributed by atoms with Gasteiger partial charge in [-0.05, 0) is 94.2 Å². The summed E-state index contributed by atoms with van der Waals surface area (Å²) < 4.78 is 7.02. The molecule has 1 aliphatic rings. The number of rotatable bonds is 2. The molecule has 0 unspecified atom stereocenters. The van der Waals surface area contributed by atoms with Crippen LogP contribution in [0.5, 0.6) is 0 Å². The van der Waals surface area contributed by atoms with Gasteiger partial charge in [0, 0.05) is 21.8 Å². The summed E-state index contributed by atoms with van der Waals surface area (Å²) in [5, 5.41) is 12.4. The molecule has 0 bridgehead atoms. The van der Waals surface area contributed by atoms with Crippen molar-refractivity contribution >= 4 is 65.0 Å². The molecule has 0 radical (unpaired) electrons. The number of hydrogen-bond donors (Lipinski definition) is 0. The molecule has 1 aliphatic carbocycles. The summed E-state index contributed by atoms with van der Waals surface area (Å²) in [6, 6.07) is 58.0. The van der Waals surface area contributed by atoms with Gasteiger partial charge in [-0.15, -0.1) is 0 Å². The first kappa shape index (κ1) is 27.7. The van der Waals surface area contributed by atoms with Crippen molar-refractivity contribution in [3.63, 3.8) is 0 Å². The van der Waals surface area contributed by atoms with Crippen LogP contribution in [0.1, 0.15) is 25.0 Å². The third kappa shape index (κ3) is 3.56. The highest BCUT2D eigenvalue weighted by Gasteiger charge is 2.40. The lowest BCUT2D eigenvalue weighted by Crippen LogP contribution is -2.15. The van der Waals surface area contributed by atoms with E-state index in [0.717, 1.165) is 16.6 Å². The van der Waals surface area contributed by atoms with E-state index in [2.05, 4.69) is 172 Å². The molecule has 0 saturated heterocycles. The molecular formula is C49H32O. The van der Waals surface area contributed by atoms with Crippen molar-refractivity contribution in [2.75, 3.05) is 0 Å². The van der Waals surface area contributed by atoms with Crippen molar-refractivity contribution < 1.29 is 4.42 Å². The van der Waals surface area contributed by atoms with Crippen molar-refractivity contribution in [2.24, 2.45) is 0 Å². The Morgan fingerprint density at radius 2 is 0.900 bits per heavy atom. The van der Waals surface area contributed by atoms with Crippen molar-refractivity contribution in [1.29, 1.82) is 0 Å². The molecule has 1 nitrogen and oxygen atoms in total. The number of fused-ring (bicyclic) bond motifs is 12. The van der Waals surface area contributed by atoms with Crippen LogP contribution in [0, 0.1) is 0 Å². The SMILES string of the molecule is CC1(C)c2ccc3ccccc3c2-c2c1cc(-c1c3ccccc3c(-c3cccc4ccccc34)c3ccccc13)c1c2oc2ccccc21. The van der Waals surface area contributed by atoms with E-state index in [0.29, 0.717) is 0 Å². The predicted octanol–water partition coefficient (Wildman–Crippen LogP) is 13.8. The molecule has 0 spiro atoms. The van der Waals surface area contributed by atoms with Crippen LogP contribution in [0.2, 0.25) is 0 Å². The molecule has 1 heteroatoms. The molecule has 9 aromatic carbocycles. The lowest BCUT2D eigenvalue weighted by molar-refractivity contribution is 0.653. The molecule has 0 aliphatic heterocycles. The van der Waals surface area contributed by atoms with E-state index in [4.69, 9.17) is 4.42 Å². The Morgan fingerprint density at radius 3 is 1.58 bits per heavy atom. The van der Waals surface area contributed by atoms with E-state index in [1.54, 1.807) is 0 Å². The maximum absolute atomic E-state index is 7.02. The van der Waals surface area contributed by atoms with E-state index < -0.39 is 0 Å². The zero-order valence-corrected chi connectivity index (χ0v) is 27.9. The second kappa shape index (κ2) is 9.94. The number of hydrogen-bond acceptors (Lipinski definition) is 1. The van der Waals surface area contributed by atoms with Crippen LogP contribution in [-0.2, 0) is 5.41 Å². The summed E-state index contributed by atoms with van der Waals surface area (Å²) in [6.07, 6.45) is 0. The molecule has 234 valence electrons. The molecule has 0 N–H and O–H groups in total. The van der Waals surface area contributed by atoms with E-state index in [1.165, 1.54) is 93.0 Å². The highest BCUT2D eigenvalue weighted by molar-refractivity contribution is 6.28. The molecule has 0 fully saturated rings. The minimum atomic E-state index is -0.217. The Labute approximate surface area is 290 Å². The van der Waals surface area contributed by atoms with Crippen LogP contribution in [0.25, 0.3) is 98.4 Å². The van der Waals surface area contributed by atoms with Gasteiger partial charge >= 0.3 is 0 Å². The van der Waals surface area contributed by atoms with Gasteiger partial charge in [-0.25, -0.2) is 0 Å². The molecule has 1 aromatic heterocycles. The Kier molecular flexibility index (Phi) is 5.51. The molecule has 11 rings (SSSR count). The maximum atomic E-state index is 7.02. The Morgan fingerprint density at radius 1 is 0.380 bits per heavy atom. The smallest absolute Gasteiger partial charge is 0.144 e. The van der Waals surface area contributed by atoms with Gasteiger partial charge in [0.15, 0.2) is 0 Å². The molecule has 50 heavy (non-hydrogen) atoms. The summed E-state index contributed by atoms with van der Waals surface area (Å²) in [5.41, 5.74) is 11.9. The van der Waals surface area contributed by atoms with Crippen molar-refractivity contribution in [1.82, 2.24) is 0 Å². The van der Waals surface area contributed by atoms with Crippen LogP contribution in [0.4, 0.5) is 0 Å². The van der Waals surface area contributed by atoms with Crippen LogP contribution in [0.15, 0.2) is 162 Å². The van der Waals surface area contributed by atoms with Gasteiger partial charge in [0.05, 0.1) is 0 Å². The third-order valence-corrected chi connectivity index (χ3v) is 11.4. The second-order valence-corrected chi connectivity index (χ2v) is 14.4. The van der Waals surface area contributed by atoms with Gasteiger partial charge in [0.2, 0.25) is 0 Å². The second-order valence-electron chi connectivity index (χ2n) is 14.4. The molecule has 0 amide bonds. The summed E-state index contributed by atoms with van der Waals surface area (Å²) in [6.45, 7) is 4.76. The predicted molar refractivity (Wildman–Crippen MR) is 212 cm³/mol. The summed E-state index contributed by atoms with van der Waals surface area (Å²) >= 11 is 0. The Balaban J connectivity index is 1.34. The Bertz CT molecular complexity index is 3000. The van der Waals surface area contributed by atoms with Crippen LogP contribution in [0.3, 0.4) is 0 Å². The summed E-state index contributed by atoms with van der Waals surface area (Å²) in [4.78, 5) is 0. The zero-order chi connectivity index (χ0) is 33.1. The van der Waals surface area contributed by atoms with E-state index in [-0.39, 0.29) is 5.41 Å². The summed E-state index contributed by atoms with van der Waals surface area (Å²) in [7, 11) is 0. The van der Waals surface area contributed by atoms with Gasteiger partial charge in [-0.3, -0.25) is 0 Å². The van der Waals surface area contributed by atoms with E-state index >= 15 is 0 Å². The zero-order valence-electron chi connectivity index (χ0n) is 27.9. The van der Waals surface area contributed by atoms with Crippen LogP contribution in [-0.4, -0.2) is 0 Å². The van der Waals surface area contributed by atoms with Crippen molar-refractivity contribution in [3.8, 4) is 33.4 Å². The Hall–Kier alpha value is -6.18. The average Bonchev–Trinajstić information content (AvgIpc) is 3.66. The van der Waals surface area contributed by atoms with E-state index in [9.17, 15) is 0 Å². The van der Waals surface area contributed by atoms with Gasteiger partial charge in [-0.1, -0.05) is 159 Å². The highest BCUT2D eigenvalue weighted by atomic mass is 16.3. The first-order valence-corrected chi connectivity index (χ1v) is 17.5. The number of furan rings is 1. The van der Waals surface area contributed by atoms with Gasteiger partial charge < -0.3 is 4.42 Å². The fraction of sp³-hybridized carbons (Fsp3) is 0.0612. The minimum Gasteiger partial charge on any atom is -0.455 e. The van der Waals surface area contributed by atoms with E-state index in [1.807, 2.05) is 0 Å². The van der Waals surface area contributed by atoms with Crippen LogP contribution >= 0.6 is 0 Å². The minimum absolute atomic E-state index is 0.217. The number of para-hydroxylation sites is 1. The average molecular weight is 637 g/mol. The molecule has 0 atom stereocenters. The standard InChI is InChI=1S/C49H32O/c1-49(2)40-27-26-30-15-4-6-18-32(30)46(40)47-41(49)28-39(45-38-23-11-12-25-42(38)50-48(45)47)44-36-21-9-7-19-34(36)43(35-20-8-10-22-37(35)44)33-24-13-16-29-14-3-5-17-31(29)33/h3-28H,1-2H3. The van der Waals surface area contributed by atoms with Crippen LogP contribution < -0.4 is 0 Å². The molecular weight excluding hydrogens is 605 g/mol. The maximum Gasteiger partial charge on any atom is 0.144 e. The topological polar surface area (TPSA) is 13.1 Å². The first-order chi connectivity index (χ1) is 24.6. The molecule has 10 aromatic rings. The normalized spacial score (nSPS) is 13.6. The van der Waals surface area contributed by atoms with Crippen molar-refractivity contribution in [2.45, 2.75) is 19.3 Å². The third-order valence-electron chi connectivity index (χ3n) is 11.4. The largest absolute Gasteiger partial charge is 0.455 e. The van der Waals surface area contributed by atoms with Gasteiger partial charge in [0.1, 0.15) is 11.2 Å². The fourth-order valence-corrected chi connectivity index (χ4v) is 9.20. The molecule has 1 heterocycles. The first-order valence-electron chi connectivity index (χ1n) is 17.5. The molecule has 0 saturated carbocycles. The van der Waals surface area contributed by atoms with Crippen molar-refractivity contribution in [3.05, 3.63) is 169 Å². The van der Waals surface area contributed by atoms with Gasteiger partial charge in [-0.2, -0.15) is 0 Å². The quantitative estimate of drug-likeness (QED) is 0.172. The van der Waals surface area contributed by atoms with Gasteiger partial charge in [0.25, 0.3) is 0 Å². The lowest BCUT2D eigenvalue weighted by Gasteiger charge is -2.23. The fourth-order valence-electron chi connectivity index (χ4n) is 9.20. The monoisotopic (exact) mass is 636 g/mol. The highest BCUT2D eigenvalue weighted by Crippen LogP contribution is 2.58. The summed E-state index contributed by atoms with van der Waals surface area (Å²) in [5.74, 6) is 0. The lowest BCUT2D eigenvalue weighted by atomic mass is 9.79. The number of benzene rings is 9.